The molecule has 0 aliphatic heterocycles. The maximum Gasteiger partial charge on any atom is 0.320 e. The van der Waals surface area contributed by atoms with Crippen molar-refractivity contribution in [3.63, 3.8) is 0 Å². The molecule has 1 atom stereocenters. The fraction of sp³-hybridized carbons (Fsp3) is 0.182. The number of hydrogen-bond donors (Lipinski definition) is 3. The minimum Gasteiger partial charge on any atom is -0.480 e. The van der Waals surface area contributed by atoms with E-state index in [1.54, 1.807) is 24.3 Å². The largest absolute Gasteiger partial charge is 0.480 e. The van der Waals surface area contributed by atoms with E-state index >= 15 is 0 Å². The van der Waals surface area contributed by atoms with E-state index in [0.29, 0.717) is 12.1 Å². The number of carboxylic acids is 1. The van der Waals surface area contributed by atoms with Gasteiger partial charge in [0.1, 0.15) is 6.04 Å². The molecule has 1 amide bonds. The second kappa shape index (κ2) is 8.47. The van der Waals surface area contributed by atoms with Crippen LogP contribution in [0.1, 0.15) is 21.5 Å². The van der Waals surface area contributed by atoms with Gasteiger partial charge in [-0.25, -0.2) is 0 Å². The second-order valence-corrected chi connectivity index (χ2v) is 6.49. The summed E-state index contributed by atoms with van der Waals surface area (Å²) in [6.07, 6.45) is 0.983. The third-order valence-corrected chi connectivity index (χ3v) is 4.55. The summed E-state index contributed by atoms with van der Waals surface area (Å²) in [5, 5.41) is 14.2. The Morgan fingerprint density at radius 3 is 2.41 bits per heavy atom. The predicted molar refractivity (Wildman–Crippen MR) is 106 cm³/mol. The summed E-state index contributed by atoms with van der Waals surface area (Å²) >= 11 is 0. The van der Waals surface area contributed by atoms with Crippen LogP contribution in [0.25, 0.3) is 10.8 Å². The van der Waals surface area contributed by atoms with Crippen molar-refractivity contribution in [1.29, 1.82) is 0 Å². The van der Waals surface area contributed by atoms with E-state index in [-0.39, 0.29) is 12.3 Å². The molecule has 4 N–H and O–H groups in total. The number of carbonyl (C=O) groups is 2. The molecule has 0 fully saturated rings. The Morgan fingerprint density at radius 2 is 1.67 bits per heavy atom. The molecule has 0 radical (unpaired) electrons. The van der Waals surface area contributed by atoms with Gasteiger partial charge in [-0.05, 0) is 46.9 Å². The number of aliphatic carboxylic acids is 1. The van der Waals surface area contributed by atoms with E-state index in [9.17, 15) is 9.59 Å². The first kappa shape index (κ1) is 18.6. The van der Waals surface area contributed by atoms with Gasteiger partial charge in [0.25, 0.3) is 5.91 Å². The molecule has 0 heterocycles. The van der Waals surface area contributed by atoms with Gasteiger partial charge in [-0.3, -0.25) is 9.59 Å². The lowest BCUT2D eigenvalue weighted by Crippen LogP contribution is -2.32. The van der Waals surface area contributed by atoms with Crippen molar-refractivity contribution in [3.8, 4) is 0 Å². The average Bonchev–Trinajstić information content (AvgIpc) is 2.68. The maximum atomic E-state index is 12.3. The van der Waals surface area contributed by atoms with E-state index in [0.717, 1.165) is 12.0 Å². The number of hydrogen-bond acceptors (Lipinski definition) is 3. The highest BCUT2D eigenvalue weighted by Crippen LogP contribution is 2.18. The van der Waals surface area contributed by atoms with Crippen LogP contribution in [0.4, 0.5) is 0 Å². The second-order valence-electron chi connectivity index (χ2n) is 6.49. The first-order chi connectivity index (χ1) is 13.0. The molecule has 0 saturated heterocycles. The Hall–Kier alpha value is -3.18. The number of rotatable bonds is 7. The molecule has 27 heavy (non-hydrogen) atoms. The molecule has 0 aliphatic carbocycles. The molecule has 0 saturated carbocycles. The van der Waals surface area contributed by atoms with Gasteiger partial charge in [-0.15, -0.1) is 0 Å². The molecule has 5 nitrogen and oxygen atoms in total. The van der Waals surface area contributed by atoms with Gasteiger partial charge in [0.05, 0.1) is 0 Å². The van der Waals surface area contributed by atoms with Crippen molar-refractivity contribution >= 4 is 22.6 Å². The van der Waals surface area contributed by atoms with Crippen molar-refractivity contribution in [2.24, 2.45) is 5.73 Å². The minimum atomic E-state index is -1.04. The van der Waals surface area contributed by atoms with Crippen molar-refractivity contribution in [2.45, 2.75) is 18.9 Å². The topological polar surface area (TPSA) is 92.4 Å². The zero-order chi connectivity index (χ0) is 19.2. The highest BCUT2D eigenvalue weighted by atomic mass is 16.4. The van der Waals surface area contributed by atoms with Gasteiger partial charge in [0.2, 0.25) is 0 Å². The Morgan fingerprint density at radius 1 is 0.963 bits per heavy atom. The van der Waals surface area contributed by atoms with E-state index in [2.05, 4.69) is 29.6 Å². The smallest absolute Gasteiger partial charge is 0.320 e. The van der Waals surface area contributed by atoms with E-state index in [1.807, 2.05) is 18.2 Å². The lowest BCUT2D eigenvalue weighted by Gasteiger charge is -2.09. The fourth-order valence-corrected chi connectivity index (χ4v) is 3.06. The number of amides is 1. The molecule has 0 bridgehead atoms. The third kappa shape index (κ3) is 4.71. The Labute approximate surface area is 157 Å². The first-order valence-corrected chi connectivity index (χ1v) is 8.87. The molecular formula is C22H22N2O3. The van der Waals surface area contributed by atoms with Gasteiger partial charge in [0.15, 0.2) is 0 Å². The van der Waals surface area contributed by atoms with Crippen molar-refractivity contribution in [2.75, 3.05) is 6.54 Å². The summed E-state index contributed by atoms with van der Waals surface area (Å²) in [5.41, 5.74) is 8.06. The Balaban J connectivity index is 1.57. The summed E-state index contributed by atoms with van der Waals surface area (Å²) < 4.78 is 0. The van der Waals surface area contributed by atoms with Crippen LogP contribution in [-0.4, -0.2) is 29.6 Å². The number of carbonyl (C=O) groups excluding carboxylic acids is 1. The average molecular weight is 362 g/mol. The third-order valence-electron chi connectivity index (χ3n) is 4.55. The van der Waals surface area contributed by atoms with Gasteiger partial charge >= 0.3 is 5.97 Å². The summed E-state index contributed by atoms with van der Waals surface area (Å²) in [4.78, 5) is 23.1. The van der Waals surface area contributed by atoms with E-state index < -0.39 is 12.0 Å². The summed E-state index contributed by atoms with van der Waals surface area (Å²) in [7, 11) is 0. The van der Waals surface area contributed by atoms with Gasteiger partial charge in [-0.1, -0.05) is 54.6 Å². The van der Waals surface area contributed by atoms with Crippen LogP contribution in [0, 0.1) is 0 Å². The number of nitrogens with two attached hydrogens (primary N) is 1. The molecule has 3 aromatic rings. The van der Waals surface area contributed by atoms with E-state index in [1.165, 1.54) is 16.3 Å². The van der Waals surface area contributed by atoms with Crippen molar-refractivity contribution in [1.82, 2.24) is 5.32 Å². The van der Waals surface area contributed by atoms with Crippen LogP contribution in [0.3, 0.4) is 0 Å². The Kier molecular flexibility index (Phi) is 5.84. The molecule has 138 valence electrons. The quantitative estimate of drug-likeness (QED) is 0.603. The predicted octanol–water partition coefficient (Wildman–Crippen LogP) is 2.77. The lowest BCUT2D eigenvalue weighted by molar-refractivity contribution is -0.138. The van der Waals surface area contributed by atoms with Gasteiger partial charge in [-0.2, -0.15) is 0 Å². The van der Waals surface area contributed by atoms with Crippen LogP contribution in [0.5, 0.6) is 0 Å². The number of benzene rings is 3. The van der Waals surface area contributed by atoms with Gasteiger partial charge in [0, 0.05) is 12.1 Å². The lowest BCUT2D eigenvalue weighted by atomic mass is 10.0. The fourth-order valence-electron chi connectivity index (χ4n) is 3.06. The van der Waals surface area contributed by atoms with Crippen LogP contribution in [0.15, 0.2) is 66.7 Å². The first-order valence-electron chi connectivity index (χ1n) is 8.87. The molecule has 0 aromatic heterocycles. The molecule has 0 spiro atoms. The van der Waals surface area contributed by atoms with Crippen molar-refractivity contribution < 1.29 is 14.7 Å². The SMILES string of the molecule is NC(Cc1ccc(C(=O)NCCc2cccc3ccccc23)cc1)C(=O)O. The number of nitrogens with one attached hydrogen (secondary N) is 1. The summed E-state index contributed by atoms with van der Waals surface area (Å²) in [6, 6.07) is 20.3. The molecule has 1 unspecified atom stereocenters. The van der Waals surface area contributed by atoms with Crippen molar-refractivity contribution in [3.05, 3.63) is 83.4 Å². The monoisotopic (exact) mass is 362 g/mol. The number of carboxylic acid groups (broad SMARTS) is 1. The van der Waals surface area contributed by atoms with Crippen LogP contribution in [-0.2, 0) is 17.6 Å². The molecule has 3 rings (SSSR count). The summed E-state index contributed by atoms with van der Waals surface area (Å²) in [6.45, 7) is 0.540. The minimum absolute atomic E-state index is 0.149. The zero-order valence-corrected chi connectivity index (χ0v) is 14.9. The zero-order valence-electron chi connectivity index (χ0n) is 14.9. The van der Waals surface area contributed by atoms with Crippen LogP contribution >= 0.6 is 0 Å². The van der Waals surface area contributed by atoms with Crippen LogP contribution < -0.4 is 11.1 Å². The molecule has 0 aliphatic rings. The van der Waals surface area contributed by atoms with Crippen LogP contribution in [0.2, 0.25) is 0 Å². The van der Waals surface area contributed by atoms with Gasteiger partial charge < -0.3 is 16.2 Å². The molecule has 3 aromatic carbocycles. The normalized spacial score (nSPS) is 11.9. The number of fused-ring (bicyclic) bond motifs is 1. The maximum absolute atomic E-state index is 12.3. The Bertz CT molecular complexity index is 946. The summed E-state index contributed by atoms with van der Waals surface area (Å²) in [5.74, 6) is -1.19. The molecule has 5 heteroatoms. The molecular weight excluding hydrogens is 340 g/mol. The highest BCUT2D eigenvalue weighted by Gasteiger charge is 2.12. The van der Waals surface area contributed by atoms with E-state index in [4.69, 9.17) is 10.8 Å². The highest BCUT2D eigenvalue weighted by molar-refractivity contribution is 5.94. The standard InChI is InChI=1S/C22H22N2O3/c23-20(22(26)27)14-15-8-10-18(11-9-15)21(25)24-13-12-17-6-3-5-16-4-1-2-7-19(16)17/h1-11,20H,12-14,23H2,(H,24,25)(H,26,27).